The molecule has 7 nitrogen and oxygen atoms in total. The summed E-state index contributed by atoms with van der Waals surface area (Å²) in [6.45, 7) is 5.97. The Hall–Kier alpha value is -3.71. The monoisotopic (exact) mass is 516 g/mol. The van der Waals surface area contributed by atoms with Crippen LogP contribution in [-0.2, 0) is 17.8 Å². The molecule has 1 amide bonds. The number of carbonyl (C=O) groups excluding carboxylic acids is 1. The summed E-state index contributed by atoms with van der Waals surface area (Å²) in [6, 6.07) is 20.0. The number of nitrogens with zero attached hydrogens (tertiary/aromatic N) is 1. The van der Waals surface area contributed by atoms with Gasteiger partial charge in [0, 0.05) is 25.2 Å². The number of ether oxygens (including phenoxy) is 4. The summed E-state index contributed by atoms with van der Waals surface area (Å²) in [5.41, 5.74) is 4.28. The van der Waals surface area contributed by atoms with E-state index in [2.05, 4.69) is 23.2 Å². The lowest BCUT2D eigenvalue weighted by Crippen LogP contribution is -2.34. The van der Waals surface area contributed by atoms with Gasteiger partial charge in [0.15, 0.2) is 18.1 Å². The van der Waals surface area contributed by atoms with Crippen LogP contribution >= 0.6 is 0 Å². The predicted molar refractivity (Wildman–Crippen MR) is 147 cm³/mol. The molecule has 0 aliphatic carbocycles. The molecule has 200 valence electrons. The highest BCUT2D eigenvalue weighted by atomic mass is 16.7. The summed E-state index contributed by atoms with van der Waals surface area (Å²) >= 11 is 0. The maximum atomic E-state index is 12.6. The highest BCUT2D eigenvalue weighted by molar-refractivity contribution is 5.77. The van der Waals surface area contributed by atoms with Crippen LogP contribution in [0.2, 0.25) is 0 Å². The third-order valence-corrected chi connectivity index (χ3v) is 7.17. The zero-order chi connectivity index (χ0) is 26.3. The molecule has 2 heterocycles. The van der Waals surface area contributed by atoms with Gasteiger partial charge >= 0.3 is 0 Å². The van der Waals surface area contributed by atoms with Gasteiger partial charge in [-0.15, -0.1) is 0 Å². The van der Waals surface area contributed by atoms with Crippen LogP contribution in [-0.4, -0.2) is 51.0 Å². The van der Waals surface area contributed by atoms with Gasteiger partial charge in [0.1, 0.15) is 11.5 Å². The van der Waals surface area contributed by atoms with Crippen molar-refractivity contribution < 1.29 is 23.7 Å². The van der Waals surface area contributed by atoms with E-state index < -0.39 is 0 Å². The number of likely N-dealkylation sites (tertiary alicyclic amines) is 1. The molecule has 0 spiro atoms. The van der Waals surface area contributed by atoms with E-state index in [9.17, 15) is 4.79 Å². The van der Waals surface area contributed by atoms with Gasteiger partial charge in [-0.3, -0.25) is 9.69 Å². The fraction of sp³-hybridized carbons (Fsp3) is 0.387. The molecule has 3 aromatic carbocycles. The Morgan fingerprint density at radius 2 is 1.82 bits per heavy atom. The molecule has 0 saturated carbocycles. The van der Waals surface area contributed by atoms with Crippen LogP contribution in [0.3, 0.4) is 0 Å². The molecule has 38 heavy (non-hydrogen) atoms. The van der Waals surface area contributed by atoms with Gasteiger partial charge in [-0.05, 0) is 78.7 Å². The van der Waals surface area contributed by atoms with E-state index in [4.69, 9.17) is 18.9 Å². The second kappa shape index (κ2) is 12.2. The number of rotatable bonds is 10. The van der Waals surface area contributed by atoms with Gasteiger partial charge in [0.05, 0.1) is 7.11 Å². The van der Waals surface area contributed by atoms with E-state index in [1.165, 1.54) is 12.8 Å². The molecule has 0 aromatic heterocycles. The number of benzene rings is 3. The Morgan fingerprint density at radius 3 is 2.68 bits per heavy atom. The summed E-state index contributed by atoms with van der Waals surface area (Å²) in [4.78, 5) is 15.1. The normalized spacial score (nSPS) is 16.7. The van der Waals surface area contributed by atoms with Crippen molar-refractivity contribution in [3.63, 3.8) is 0 Å². The van der Waals surface area contributed by atoms with Gasteiger partial charge in [0.2, 0.25) is 6.79 Å². The minimum absolute atomic E-state index is 0.0291. The zero-order valence-electron chi connectivity index (χ0n) is 22.2. The van der Waals surface area contributed by atoms with E-state index in [1.54, 1.807) is 7.11 Å². The average Bonchev–Trinajstić information content (AvgIpc) is 3.41. The van der Waals surface area contributed by atoms with Crippen molar-refractivity contribution in [2.75, 3.05) is 40.1 Å². The first-order chi connectivity index (χ1) is 18.6. The van der Waals surface area contributed by atoms with E-state index in [1.807, 2.05) is 54.6 Å². The van der Waals surface area contributed by atoms with Crippen LogP contribution in [0, 0.1) is 5.92 Å². The molecular weight excluding hydrogens is 480 g/mol. The first-order valence-electron chi connectivity index (χ1n) is 13.4. The van der Waals surface area contributed by atoms with Crippen LogP contribution in [0.1, 0.15) is 30.9 Å². The van der Waals surface area contributed by atoms with E-state index in [0.717, 1.165) is 64.9 Å². The number of piperidine rings is 1. The van der Waals surface area contributed by atoms with Crippen molar-refractivity contribution in [2.45, 2.75) is 32.7 Å². The van der Waals surface area contributed by atoms with E-state index in [0.29, 0.717) is 18.9 Å². The fourth-order valence-electron chi connectivity index (χ4n) is 5.21. The van der Waals surface area contributed by atoms with Gasteiger partial charge in [-0.2, -0.15) is 0 Å². The van der Waals surface area contributed by atoms with Crippen molar-refractivity contribution in [3.8, 4) is 34.1 Å². The van der Waals surface area contributed by atoms with Crippen molar-refractivity contribution in [1.29, 1.82) is 0 Å². The van der Waals surface area contributed by atoms with Crippen LogP contribution in [0.15, 0.2) is 60.7 Å². The second-order valence-corrected chi connectivity index (χ2v) is 10.1. The second-order valence-electron chi connectivity index (χ2n) is 10.1. The molecule has 1 fully saturated rings. The van der Waals surface area contributed by atoms with Gasteiger partial charge in [-0.25, -0.2) is 0 Å². The molecule has 5 rings (SSSR count). The van der Waals surface area contributed by atoms with Crippen molar-refractivity contribution in [2.24, 2.45) is 5.92 Å². The molecule has 0 bridgehead atoms. The van der Waals surface area contributed by atoms with E-state index >= 15 is 0 Å². The summed E-state index contributed by atoms with van der Waals surface area (Å²) in [5, 5.41) is 2.96. The number of fused-ring (bicyclic) bond motifs is 1. The van der Waals surface area contributed by atoms with Crippen LogP contribution in [0.5, 0.6) is 23.0 Å². The number of para-hydroxylation sites is 1. The summed E-state index contributed by atoms with van der Waals surface area (Å²) in [6.07, 6.45) is 3.16. The fourth-order valence-corrected chi connectivity index (χ4v) is 5.21. The molecule has 7 heteroatoms. The summed E-state index contributed by atoms with van der Waals surface area (Å²) < 4.78 is 22.5. The molecule has 2 aliphatic rings. The number of carbonyl (C=O) groups is 1. The summed E-state index contributed by atoms with van der Waals surface area (Å²) in [5.74, 6) is 3.65. The number of hydrogen-bond donors (Lipinski definition) is 1. The Morgan fingerprint density at radius 1 is 1.00 bits per heavy atom. The zero-order valence-corrected chi connectivity index (χ0v) is 22.2. The van der Waals surface area contributed by atoms with E-state index in [-0.39, 0.29) is 19.3 Å². The molecule has 0 unspecified atom stereocenters. The Balaban J connectivity index is 1.25. The maximum absolute atomic E-state index is 12.6. The third kappa shape index (κ3) is 6.40. The number of nitrogens with one attached hydrogen (secondary N) is 1. The Kier molecular flexibility index (Phi) is 8.34. The first-order valence-corrected chi connectivity index (χ1v) is 13.4. The lowest BCUT2D eigenvalue weighted by atomic mass is 9.98. The number of amides is 1. The lowest BCUT2D eigenvalue weighted by molar-refractivity contribution is -0.123. The minimum Gasteiger partial charge on any atom is -0.496 e. The molecule has 2 aliphatic heterocycles. The van der Waals surface area contributed by atoms with Gasteiger partial charge in [-0.1, -0.05) is 37.3 Å². The third-order valence-electron chi connectivity index (χ3n) is 7.17. The minimum atomic E-state index is -0.141. The highest BCUT2D eigenvalue weighted by Gasteiger charge is 2.20. The quantitative estimate of drug-likeness (QED) is 0.406. The van der Waals surface area contributed by atoms with Crippen molar-refractivity contribution in [3.05, 3.63) is 71.8 Å². The van der Waals surface area contributed by atoms with Crippen molar-refractivity contribution >= 4 is 5.91 Å². The Labute approximate surface area is 224 Å². The summed E-state index contributed by atoms with van der Waals surface area (Å²) in [7, 11) is 1.66. The number of methoxy groups -OCH3 is 1. The highest BCUT2D eigenvalue weighted by Crippen LogP contribution is 2.37. The van der Waals surface area contributed by atoms with Gasteiger partial charge in [0.25, 0.3) is 5.91 Å². The number of hydrogen-bond acceptors (Lipinski definition) is 6. The molecule has 3 aromatic rings. The SMILES string of the molecule is COc1ccccc1CCNC(=O)COc1ccc(-c2ccc3c(c2)OCO3)cc1CN1CCC[C@H](C)C1. The topological polar surface area (TPSA) is 69.3 Å². The van der Waals surface area contributed by atoms with Crippen LogP contribution < -0.4 is 24.3 Å². The first kappa shape index (κ1) is 25.9. The largest absolute Gasteiger partial charge is 0.496 e. The predicted octanol–water partition coefficient (Wildman–Crippen LogP) is 5.06. The maximum Gasteiger partial charge on any atom is 0.257 e. The lowest BCUT2D eigenvalue weighted by Gasteiger charge is -2.31. The van der Waals surface area contributed by atoms with Crippen LogP contribution in [0.4, 0.5) is 0 Å². The smallest absolute Gasteiger partial charge is 0.257 e. The van der Waals surface area contributed by atoms with Gasteiger partial charge < -0.3 is 24.3 Å². The molecular formula is C31H36N2O5. The average molecular weight is 517 g/mol. The molecule has 1 saturated heterocycles. The van der Waals surface area contributed by atoms with Crippen LogP contribution in [0.25, 0.3) is 11.1 Å². The van der Waals surface area contributed by atoms with Crippen molar-refractivity contribution in [1.82, 2.24) is 10.2 Å². The standard InChI is InChI=1S/C31H36N2O5/c1-22-6-5-15-33(18-22)19-26-16-24(25-10-12-29-30(17-25)38-21-37-29)9-11-28(26)36-20-31(34)32-14-13-23-7-3-4-8-27(23)35-2/h3-4,7-12,16-17,22H,5-6,13-15,18-21H2,1-2H3,(H,32,34)/t22-/m0/s1. The molecule has 1 atom stereocenters. The Bertz CT molecular complexity index is 1260. The molecule has 1 N–H and O–H groups in total. The molecule has 0 radical (unpaired) electrons.